The molecule has 0 N–H and O–H groups in total. The van der Waals surface area contributed by atoms with Gasteiger partial charge in [-0.1, -0.05) is 11.6 Å². The van der Waals surface area contributed by atoms with Crippen molar-refractivity contribution >= 4 is 46.2 Å². The summed E-state index contributed by atoms with van der Waals surface area (Å²) in [6, 6.07) is 3.87. The molecule has 0 heterocycles. The van der Waals surface area contributed by atoms with Gasteiger partial charge in [-0.3, -0.25) is 10.1 Å². The van der Waals surface area contributed by atoms with E-state index in [-0.39, 0.29) is 16.5 Å². The van der Waals surface area contributed by atoms with Crippen LogP contribution >= 0.6 is 28.7 Å². The molecule has 0 saturated carbocycles. The van der Waals surface area contributed by atoms with Gasteiger partial charge in [0.2, 0.25) is 0 Å². The summed E-state index contributed by atoms with van der Waals surface area (Å²) in [7, 11) is 0. The number of hydrogen-bond donors (Lipinski definition) is 0. The molecule has 94 valence electrons. The number of hydrogen-bond acceptors (Lipinski definition) is 5. The highest BCUT2D eigenvalue weighted by Crippen LogP contribution is 2.54. The van der Waals surface area contributed by atoms with Crippen LogP contribution < -0.4 is 4.52 Å². The van der Waals surface area contributed by atoms with E-state index >= 15 is 0 Å². The van der Waals surface area contributed by atoms with E-state index in [4.69, 9.17) is 43.7 Å². The molecule has 1 unspecified atom stereocenters. The molecule has 17 heavy (non-hydrogen) atoms. The molecule has 0 amide bonds. The molecular formula is C8H8Cl2NO4PS. The van der Waals surface area contributed by atoms with Gasteiger partial charge in [-0.15, -0.1) is 0 Å². The lowest BCUT2D eigenvalue weighted by Crippen LogP contribution is -1.93. The first-order valence-corrected chi connectivity index (χ1v) is 8.35. The molecular weight excluding hydrogens is 308 g/mol. The monoisotopic (exact) mass is 315 g/mol. The summed E-state index contributed by atoms with van der Waals surface area (Å²) in [4.78, 5) is 9.94. The third kappa shape index (κ3) is 4.41. The summed E-state index contributed by atoms with van der Waals surface area (Å²) in [5.41, 5.74) is -0.210. The van der Waals surface area contributed by atoms with Crippen LogP contribution in [-0.2, 0) is 16.3 Å². The fourth-order valence-corrected chi connectivity index (χ4v) is 3.07. The summed E-state index contributed by atoms with van der Waals surface area (Å²) >= 11 is 16.4. The van der Waals surface area contributed by atoms with Crippen molar-refractivity contribution in [2.75, 3.05) is 6.61 Å². The van der Waals surface area contributed by atoms with E-state index < -0.39 is 10.8 Å². The number of halogens is 2. The van der Waals surface area contributed by atoms with Crippen molar-refractivity contribution in [1.82, 2.24) is 0 Å². The second kappa shape index (κ2) is 5.98. The predicted octanol–water partition coefficient (Wildman–Crippen LogP) is 4.13. The van der Waals surface area contributed by atoms with Crippen molar-refractivity contribution in [1.29, 1.82) is 0 Å². The first kappa shape index (κ1) is 14.7. The molecule has 5 nitrogen and oxygen atoms in total. The number of nitro groups is 1. The molecule has 0 aliphatic rings. The van der Waals surface area contributed by atoms with Gasteiger partial charge in [0, 0.05) is 12.1 Å². The Morgan fingerprint density at radius 1 is 1.59 bits per heavy atom. The molecule has 0 bridgehead atoms. The van der Waals surface area contributed by atoms with Gasteiger partial charge in [0.25, 0.3) is 5.69 Å². The van der Waals surface area contributed by atoms with E-state index in [0.29, 0.717) is 6.61 Å². The second-order valence-corrected chi connectivity index (χ2v) is 7.90. The maximum Gasteiger partial charge on any atom is 0.332 e. The summed E-state index contributed by atoms with van der Waals surface area (Å²) in [6.45, 7) is 2.05. The van der Waals surface area contributed by atoms with Crippen molar-refractivity contribution in [3.05, 3.63) is 33.3 Å². The zero-order valence-corrected chi connectivity index (χ0v) is 11.9. The van der Waals surface area contributed by atoms with Gasteiger partial charge >= 0.3 is 5.84 Å². The van der Waals surface area contributed by atoms with Crippen LogP contribution in [0.25, 0.3) is 0 Å². The molecule has 1 atom stereocenters. The van der Waals surface area contributed by atoms with Gasteiger partial charge in [0.1, 0.15) is 10.8 Å². The highest BCUT2D eigenvalue weighted by Gasteiger charge is 2.18. The lowest BCUT2D eigenvalue weighted by Gasteiger charge is -2.15. The number of rotatable bonds is 5. The van der Waals surface area contributed by atoms with Crippen LogP contribution in [0, 0.1) is 10.1 Å². The van der Waals surface area contributed by atoms with Crippen molar-refractivity contribution in [3.63, 3.8) is 0 Å². The molecule has 0 fully saturated rings. The van der Waals surface area contributed by atoms with Crippen LogP contribution in [0.2, 0.25) is 5.02 Å². The van der Waals surface area contributed by atoms with Crippen LogP contribution in [0.3, 0.4) is 0 Å². The number of nitro benzene ring substituents is 1. The van der Waals surface area contributed by atoms with Gasteiger partial charge < -0.3 is 9.05 Å². The smallest absolute Gasteiger partial charge is 0.332 e. The van der Waals surface area contributed by atoms with Crippen LogP contribution in [0.4, 0.5) is 5.69 Å². The summed E-state index contributed by atoms with van der Waals surface area (Å²) < 4.78 is 10.3. The minimum atomic E-state index is -2.90. The first-order valence-electron chi connectivity index (χ1n) is 4.43. The average molecular weight is 316 g/mol. The fourth-order valence-electron chi connectivity index (χ4n) is 0.999. The van der Waals surface area contributed by atoms with Gasteiger partial charge in [-0.2, -0.15) is 0 Å². The molecule has 9 heteroatoms. The number of nitrogens with zero attached hydrogens (tertiary/aromatic N) is 1. The average Bonchev–Trinajstić information content (AvgIpc) is 2.15. The minimum Gasteiger partial charge on any atom is -0.433 e. The Morgan fingerprint density at radius 2 is 2.24 bits per heavy atom. The summed E-state index contributed by atoms with van der Waals surface area (Å²) in [5.74, 6) is -2.65. The Bertz CT molecular complexity index is 485. The lowest BCUT2D eigenvalue weighted by molar-refractivity contribution is -0.384. The van der Waals surface area contributed by atoms with Crippen LogP contribution in [0.15, 0.2) is 18.2 Å². The summed E-state index contributed by atoms with van der Waals surface area (Å²) in [5, 5.41) is 10.5. The highest BCUT2D eigenvalue weighted by atomic mass is 35.7. The van der Waals surface area contributed by atoms with E-state index in [1.807, 2.05) is 0 Å². The van der Waals surface area contributed by atoms with Crippen LogP contribution in [0.1, 0.15) is 6.92 Å². The van der Waals surface area contributed by atoms with E-state index in [1.54, 1.807) is 6.92 Å². The van der Waals surface area contributed by atoms with Crippen molar-refractivity contribution in [2.24, 2.45) is 0 Å². The van der Waals surface area contributed by atoms with Crippen molar-refractivity contribution in [3.8, 4) is 5.75 Å². The maximum atomic E-state index is 10.5. The zero-order chi connectivity index (χ0) is 13.1. The Labute approximate surface area is 113 Å². The van der Waals surface area contributed by atoms with Gasteiger partial charge in [-0.25, -0.2) is 0 Å². The highest BCUT2D eigenvalue weighted by molar-refractivity contribution is 8.22. The molecule has 1 rings (SSSR count). The first-order chi connectivity index (χ1) is 7.85. The van der Waals surface area contributed by atoms with E-state index in [1.165, 1.54) is 18.2 Å². The zero-order valence-electron chi connectivity index (χ0n) is 8.63. The third-order valence-corrected chi connectivity index (χ3v) is 3.95. The minimum absolute atomic E-state index is 0.0457. The van der Waals surface area contributed by atoms with Gasteiger partial charge in [0.15, 0.2) is 0 Å². The Balaban J connectivity index is 2.92. The Kier molecular flexibility index (Phi) is 5.16. The van der Waals surface area contributed by atoms with Gasteiger partial charge in [0.05, 0.1) is 11.5 Å². The molecule has 0 saturated heterocycles. The molecule has 0 aliphatic carbocycles. The van der Waals surface area contributed by atoms with E-state index in [2.05, 4.69) is 0 Å². The standard InChI is InChI=1S/C8H8Cl2NO4PS/c1-2-14-16(10,17)15-6-3-4-8(11(12)13)7(9)5-6/h3-5H,2H2,1H3. The molecule has 0 aliphatic heterocycles. The fraction of sp³-hybridized carbons (Fsp3) is 0.250. The van der Waals surface area contributed by atoms with E-state index in [9.17, 15) is 10.1 Å². The topological polar surface area (TPSA) is 61.6 Å². The van der Waals surface area contributed by atoms with Gasteiger partial charge in [-0.05, 0) is 36.0 Å². The Hall–Kier alpha value is -0.390. The third-order valence-electron chi connectivity index (χ3n) is 1.61. The second-order valence-electron chi connectivity index (χ2n) is 2.81. The molecule has 1 aromatic rings. The van der Waals surface area contributed by atoms with E-state index in [0.717, 1.165) is 0 Å². The quantitative estimate of drug-likeness (QED) is 0.464. The van der Waals surface area contributed by atoms with Crippen LogP contribution in [0.5, 0.6) is 5.75 Å². The largest absolute Gasteiger partial charge is 0.433 e. The molecule has 0 radical (unpaired) electrons. The predicted molar refractivity (Wildman–Crippen MR) is 70.5 cm³/mol. The number of benzene rings is 1. The van der Waals surface area contributed by atoms with Crippen molar-refractivity contribution in [2.45, 2.75) is 6.92 Å². The summed E-state index contributed by atoms with van der Waals surface area (Å²) in [6.07, 6.45) is 0. The maximum absolute atomic E-state index is 10.5. The lowest BCUT2D eigenvalue weighted by atomic mass is 10.3. The normalized spacial score (nSPS) is 14.1. The van der Waals surface area contributed by atoms with Crippen LogP contribution in [-0.4, -0.2) is 11.5 Å². The van der Waals surface area contributed by atoms with Crippen molar-refractivity contribution < 1.29 is 14.0 Å². The SMILES string of the molecule is CCOP(=S)(Cl)Oc1ccc([N+](=O)[O-])c(Cl)c1. The molecule has 0 spiro atoms. The molecule has 1 aromatic carbocycles. The Morgan fingerprint density at radius 3 is 2.71 bits per heavy atom. The molecule has 0 aromatic heterocycles.